The van der Waals surface area contributed by atoms with Gasteiger partial charge in [-0.05, 0) is 62.6 Å². The van der Waals surface area contributed by atoms with Gasteiger partial charge in [-0.15, -0.1) is 0 Å². The van der Waals surface area contributed by atoms with E-state index in [1.54, 1.807) is 32.9 Å². The lowest BCUT2D eigenvalue weighted by Gasteiger charge is -2.27. The fraction of sp³-hybridized carbons (Fsp3) is 0.312. The molecule has 0 fully saturated rings. The molecule has 42 heavy (non-hydrogen) atoms. The number of carbonyl (C=O) groups is 2. The van der Waals surface area contributed by atoms with Crippen LogP contribution < -0.4 is 10.1 Å². The first-order chi connectivity index (χ1) is 20.0. The van der Waals surface area contributed by atoms with Crippen LogP contribution in [0, 0.1) is 0 Å². The Morgan fingerprint density at radius 2 is 1.83 bits per heavy atom. The van der Waals surface area contributed by atoms with Crippen molar-refractivity contribution in [2.45, 2.75) is 57.8 Å². The lowest BCUT2D eigenvalue weighted by Crippen LogP contribution is -2.44. The molecule has 222 valence electrons. The highest BCUT2D eigenvalue weighted by atomic mass is 35.5. The summed E-state index contributed by atoms with van der Waals surface area (Å²) in [6, 6.07) is 12.2. The summed E-state index contributed by atoms with van der Waals surface area (Å²) in [6.07, 6.45) is 8.94. The number of alkyl carbamates (subject to hydrolysis) is 1. The number of hydrogen-bond donors (Lipinski definition) is 1. The van der Waals surface area contributed by atoms with E-state index < -0.39 is 23.7 Å². The van der Waals surface area contributed by atoms with Gasteiger partial charge in [0.25, 0.3) is 0 Å². The van der Waals surface area contributed by atoms with Crippen LogP contribution in [-0.4, -0.2) is 30.8 Å². The van der Waals surface area contributed by atoms with E-state index in [1.165, 1.54) is 19.6 Å². The Morgan fingerprint density at radius 3 is 2.52 bits per heavy atom. The first-order valence-corrected chi connectivity index (χ1v) is 14.1. The number of esters is 1. The van der Waals surface area contributed by atoms with E-state index in [0.29, 0.717) is 28.2 Å². The van der Waals surface area contributed by atoms with Crippen LogP contribution in [0.2, 0.25) is 10.0 Å². The summed E-state index contributed by atoms with van der Waals surface area (Å²) in [4.78, 5) is 24.7. The SMILES string of the molecule is COC(=O)[C@H](CC1=COC=C(C2=CC=CC[C@@H]2c2ccc(OCc3ccc(Cl)c(Cl)c3)cc2)O1)NC(=O)OC(C)(C)C. The van der Waals surface area contributed by atoms with Gasteiger partial charge >= 0.3 is 12.1 Å². The number of methoxy groups -OCH3 is 1. The van der Waals surface area contributed by atoms with Gasteiger partial charge in [-0.3, -0.25) is 0 Å². The number of halogens is 2. The van der Waals surface area contributed by atoms with Gasteiger partial charge in [0.1, 0.15) is 42.3 Å². The van der Waals surface area contributed by atoms with Gasteiger partial charge in [0.2, 0.25) is 0 Å². The molecule has 0 bridgehead atoms. The summed E-state index contributed by atoms with van der Waals surface area (Å²) in [6.45, 7) is 5.56. The lowest BCUT2D eigenvalue weighted by atomic mass is 9.84. The van der Waals surface area contributed by atoms with E-state index in [4.69, 9.17) is 46.9 Å². The second-order valence-corrected chi connectivity index (χ2v) is 11.5. The molecule has 8 nitrogen and oxygen atoms in total. The molecule has 4 rings (SSSR count). The maximum absolute atomic E-state index is 12.4. The number of ether oxygens (including phenoxy) is 5. The van der Waals surface area contributed by atoms with Gasteiger partial charge in [0.05, 0.1) is 17.2 Å². The van der Waals surface area contributed by atoms with E-state index in [9.17, 15) is 9.59 Å². The number of nitrogens with one attached hydrogen (secondary N) is 1. The zero-order valence-corrected chi connectivity index (χ0v) is 25.3. The zero-order valence-electron chi connectivity index (χ0n) is 23.8. The minimum atomic E-state index is -1.04. The standard InChI is InChI=1S/C32H33Cl2NO7/c1-32(2,3)42-31(37)35-28(30(36)38-4)16-23-18-39-19-29(41-23)25-8-6-5-7-24(25)21-10-12-22(13-11-21)40-17-20-9-14-26(33)27(34)15-20/h5-6,8-15,18-19,24,28H,7,16-17H2,1-4H3,(H,35,37)/t24-,28+/m1/s1. The summed E-state index contributed by atoms with van der Waals surface area (Å²) in [5.41, 5.74) is 2.15. The lowest BCUT2D eigenvalue weighted by molar-refractivity contribution is -0.143. The fourth-order valence-electron chi connectivity index (χ4n) is 4.36. The van der Waals surface area contributed by atoms with Crippen LogP contribution in [0.4, 0.5) is 4.79 Å². The Kier molecular flexibility index (Phi) is 10.2. The molecule has 2 atom stereocenters. The van der Waals surface area contributed by atoms with Crippen molar-refractivity contribution in [2.75, 3.05) is 7.11 Å². The Balaban J connectivity index is 1.41. The first kappa shape index (κ1) is 31.1. The van der Waals surface area contributed by atoms with Gasteiger partial charge in [-0.2, -0.15) is 0 Å². The Hall–Kier alpha value is -3.88. The highest BCUT2D eigenvalue weighted by Gasteiger charge is 2.30. The third-order valence-electron chi connectivity index (χ3n) is 6.31. The Morgan fingerprint density at radius 1 is 1.07 bits per heavy atom. The van der Waals surface area contributed by atoms with Crippen LogP contribution in [0.1, 0.15) is 50.7 Å². The smallest absolute Gasteiger partial charge is 0.408 e. The molecular weight excluding hydrogens is 581 g/mol. The minimum absolute atomic E-state index is 0.00189. The number of hydrogen-bond acceptors (Lipinski definition) is 7. The number of amides is 1. The normalized spacial score (nSPS) is 17.0. The molecule has 2 aromatic rings. The second kappa shape index (κ2) is 13.9. The average molecular weight is 615 g/mol. The van der Waals surface area contributed by atoms with Crippen molar-refractivity contribution in [1.29, 1.82) is 0 Å². The third kappa shape index (κ3) is 8.57. The molecule has 10 heteroatoms. The van der Waals surface area contributed by atoms with Crippen LogP contribution in [0.15, 0.2) is 90.3 Å². The highest BCUT2D eigenvalue weighted by molar-refractivity contribution is 6.42. The molecule has 0 aromatic heterocycles. The van der Waals surface area contributed by atoms with Crippen LogP contribution in [0.5, 0.6) is 5.75 Å². The summed E-state index contributed by atoms with van der Waals surface area (Å²) in [5, 5.41) is 3.54. The topological polar surface area (TPSA) is 92.3 Å². The van der Waals surface area contributed by atoms with E-state index in [-0.39, 0.29) is 12.3 Å². The molecule has 1 amide bonds. The van der Waals surface area contributed by atoms with Crippen LogP contribution in [-0.2, 0) is 30.3 Å². The van der Waals surface area contributed by atoms with Gasteiger partial charge in [0, 0.05) is 17.9 Å². The molecule has 0 unspecified atom stereocenters. The molecule has 0 saturated heterocycles. The molecule has 1 aliphatic heterocycles. The second-order valence-electron chi connectivity index (χ2n) is 10.7. The van der Waals surface area contributed by atoms with Gasteiger partial charge in [-0.1, -0.05) is 59.6 Å². The van der Waals surface area contributed by atoms with Crippen molar-refractivity contribution in [3.8, 4) is 5.75 Å². The maximum Gasteiger partial charge on any atom is 0.408 e. The summed E-state index contributed by atoms with van der Waals surface area (Å²) >= 11 is 12.1. The number of carbonyl (C=O) groups excluding carboxylic acids is 2. The fourth-order valence-corrected chi connectivity index (χ4v) is 4.68. The van der Waals surface area contributed by atoms with Crippen molar-refractivity contribution in [3.05, 3.63) is 111 Å². The molecule has 1 aliphatic carbocycles. The molecule has 2 aromatic carbocycles. The predicted octanol–water partition coefficient (Wildman–Crippen LogP) is 7.73. The maximum atomic E-state index is 12.4. The quantitative estimate of drug-likeness (QED) is 0.289. The summed E-state index contributed by atoms with van der Waals surface area (Å²) in [5.74, 6) is 0.918. The van der Waals surface area contributed by atoms with Crippen molar-refractivity contribution >= 4 is 35.3 Å². The number of benzene rings is 2. The van der Waals surface area contributed by atoms with Gasteiger partial charge in [-0.25, -0.2) is 9.59 Å². The van der Waals surface area contributed by atoms with Gasteiger partial charge < -0.3 is 29.0 Å². The van der Waals surface area contributed by atoms with E-state index in [1.807, 2.05) is 42.5 Å². The van der Waals surface area contributed by atoms with Crippen molar-refractivity contribution in [1.82, 2.24) is 5.32 Å². The van der Waals surface area contributed by atoms with E-state index in [0.717, 1.165) is 28.9 Å². The molecule has 1 heterocycles. The van der Waals surface area contributed by atoms with Crippen LogP contribution in [0.3, 0.4) is 0 Å². The van der Waals surface area contributed by atoms with Gasteiger partial charge in [0.15, 0.2) is 5.76 Å². The molecule has 2 aliphatic rings. The molecular formula is C32H33Cl2NO7. The average Bonchev–Trinajstić information content (AvgIpc) is 2.96. The predicted molar refractivity (Wildman–Crippen MR) is 160 cm³/mol. The molecule has 0 saturated carbocycles. The van der Waals surface area contributed by atoms with E-state index in [2.05, 4.69) is 11.4 Å². The summed E-state index contributed by atoms with van der Waals surface area (Å²) < 4.78 is 27.9. The third-order valence-corrected chi connectivity index (χ3v) is 7.05. The van der Waals surface area contributed by atoms with Crippen LogP contribution >= 0.6 is 23.2 Å². The largest absolute Gasteiger partial charge is 0.489 e. The van der Waals surface area contributed by atoms with Crippen molar-refractivity contribution in [3.63, 3.8) is 0 Å². The van der Waals surface area contributed by atoms with E-state index >= 15 is 0 Å². The number of rotatable bonds is 9. The molecule has 0 radical (unpaired) electrons. The van der Waals surface area contributed by atoms with Crippen molar-refractivity contribution in [2.24, 2.45) is 0 Å². The Labute approximate surface area is 255 Å². The number of allylic oxidation sites excluding steroid dienone is 4. The summed E-state index contributed by atoms with van der Waals surface area (Å²) in [7, 11) is 1.25. The molecule has 1 N–H and O–H groups in total. The zero-order chi connectivity index (χ0) is 30.3. The van der Waals surface area contributed by atoms with Crippen LogP contribution in [0.25, 0.3) is 0 Å². The van der Waals surface area contributed by atoms with Crippen molar-refractivity contribution < 1.29 is 33.3 Å². The monoisotopic (exact) mass is 613 g/mol. The Bertz CT molecular complexity index is 1420. The minimum Gasteiger partial charge on any atom is -0.489 e. The molecule has 0 spiro atoms. The highest BCUT2D eigenvalue weighted by Crippen LogP contribution is 2.38. The first-order valence-electron chi connectivity index (χ1n) is 13.4.